The minimum absolute atomic E-state index is 0.0918. The van der Waals surface area contributed by atoms with Crippen molar-refractivity contribution in [2.24, 2.45) is 5.10 Å². The molecule has 0 atom stereocenters. The van der Waals surface area contributed by atoms with Crippen LogP contribution in [0.5, 0.6) is 17.2 Å². The van der Waals surface area contributed by atoms with Crippen LogP contribution in [0.3, 0.4) is 0 Å². The predicted octanol–water partition coefficient (Wildman–Crippen LogP) is 3.58. The molecule has 3 rings (SSSR count). The summed E-state index contributed by atoms with van der Waals surface area (Å²) in [6.07, 6.45) is 2.86. The lowest BCUT2D eigenvalue weighted by Crippen LogP contribution is -2.17. The Labute approximate surface area is 156 Å². The molecule has 136 valence electrons. The molecular formula is C21H18N2O4. The van der Waals surface area contributed by atoms with Crippen LogP contribution in [0.4, 0.5) is 0 Å². The molecule has 6 nitrogen and oxygen atoms in total. The van der Waals surface area contributed by atoms with Crippen LogP contribution in [0.2, 0.25) is 0 Å². The van der Waals surface area contributed by atoms with Crippen molar-refractivity contribution in [1.29, 1.82) is 0 Å². The monoisotopic (exact) mass is 362 g/mol. The molecule has 0 saturated carbocycles. The number of benzene rings is 3. The Kier molecular flexibility index (Phi) is 5.37. The summed E-state index contributed by atoms with van der Waals surface area (Å²) >= 11 is 0. The zero-order valence-corrected chi connectivity index (χ0v) is 14.4. The molecule has 3 N–H and O–H groups in total. The lowest BCUT2D eigenvalue weighted by molar-refractivity contribution is 0.0952. The van der Waals surface area contributed by atoms with Crippen LogP contribution < -0.4 is 10.2 Å². The number of phenolic OH excluding ortho intramolecular Hbond substituents is 2. The highest BCUT2D eigenvalue weighted by molar-refractivity contribution is 6.01. The highest BCUT2D eigenvalue weighted by atomic mass is 16.5. The molecule has 0 aliphatic heterocycles. The van der Waals surface area contributed by atoms with Gasteiger partial charge >= 0.3 is 0 Å². The average molecular weight is 362 g/mol. The summed E-state index contributed by atoms with van der Waals surface area (Å²) in [4.78, 5) is 12.3. The van der Waals surface area contributed by atoms with Gasteiger partial charge in [-0.2, -0.15) is 5.10 Å². The number of hydrogen-bond donors (Lipinski definition) is 3. The van der Waals surface area contributed by atoms with E-state index in [2.05, 4.69) is 17.1 Å². The number of phenols is 2. The SMILES string of the molecule is C=CCOc1cccc(/C=N/NC(=O)c2cc3ccccc3cc2O)c1O. The number of aromatic hydroxyl groups is 2. The number of nitrogens with one attached hydrogen (secondary N) is 1. The zero-order valence-electron chi connectivity index (χ0n) is 14.4. The topological polar surface area (TPSA) is 91.2 Å². The quantitative estimate of drug-likeness (QED) is 0.355. The summed E-state index contributed by atoms with van der Waals surface area (Å²) in [6.45, 7) is 3.81. The molecule has 0 heterocycles. The molecule has 3 aromatic carbocycles. The smallest absolute Gasteiger partial charge is 0.275 e. The van der Waals surface area contributed by atoms with Crippen molar-refractivity contribution in [3.8, 4) is 17.2 Å². The van der Waals surface area contributed by atoms with Crippen LogP contribution in [0.25, 0.3) is 10.8 Å². The number of fused-ring (bicyclic) bond motifs is 1. The second kappa shape index (κ2) is 8.05. The van der Waals surface area contributed by atoms with Crippen molar-refractivity contribution >= 4 is 22.9 Å². The molecule has 6 heteroatoms. The number of ether oxygens (including phenoxy) is 1. The molecule has 0 saturated heterocycles. The molecule has 0 bridgehead atoms. The summed E-state index contributed by atoms with van der Waals surface area (Å²) < 4.78 is 5.33. The lowest BCUT2D eigenvalue weighted by atomic mass is 10.1. The molecule has 0 fully saturated rings. The van der Waals surface area contributed by atoms with Gasteiger partial charge in [-0.3, -0.25) is 4.79 Å². The Balaban J connectivity index is 1.76. The van der Waals surface area contributed by atoms with Gasteiger partial charge in [0, 0.05) is 5.56 Å². The standard InChI is InChI=1S/C21H18N2O4/c1-2-10-27-19-9-5-8-16(20(19)25)13-22-23-21(26)17-11-14-6-3-4-7-15(14)12-18(17)24/h2-9,11-13,24-25H,1,10H2,(H,23,26)/b22-13+. The fraction of sp³-hybridized carbons (Fsp3) is 0.0476. The minimum Gasteiger partial charge on any atom is -0.507 e. The van der Waals surface area contributed by atoms with E-state index < -0.39 is 5.91 Å². The summed E-state index contributed by atoms with van der Waals surface area (Å²) in [6, 6.07) is 15.4. The van der Waals surface area contributed by atoms with E-state index in [9.17, 15) is 15.0 Å². The van der Waals surface area contributed by atoms with E-state index in [-0.39, 0.29) is 29.4 Å². The first-order valence-corrected chi connectivity index (χ1v) is 8.21. The van der Waals surface area contributed by atoms with E-state index in [4.69, 9.17) is 4.74 Å². The molecule has 0 aromatic heterocycles. The van der Waals surface area contributed by atoms with Crippen LogP contribution in [0.1, 0.15) is 15.9 Å². The highest BCUT2D eigenvalue weighted by Gasteiger charge is 2.12. The number of nitrogens with zero attached hydrogens (tertiary/aromatic N) is 1. The summed E-state index contributed by atoms with van der Waals surface area (Å²) in [5, 5.41) is 25.7. The third-order valence-electron chi connectivity index (χ3n) is 3.87. The second-order valence-electron chi connectivity index (χ2n) is 5.71. The maximum Gasteiger partial charge on any atom is 0.275 e. The van der Waals surface area contributed by atoms with Crippen molar-refractivity contribution in [3.05, 3.63) is 78.4 Å². The van der Waals surface area contributed by atoms with Gasteiger partial charge in [-0.05, 0) is 35.0 Å². The Bertz CT molecular complexity index is 1030. The Morgan fingerprint density at radius 2 is 1.85 bits per heavy atom. The van der Waals surface area contributed by atoms with Crippen LogP contribution in [-0.2, 0) is 0 Å². The van der Waals surface area contributed by atoms with Gasteiger partial charge in [-0.25, -0.2) is 5.43 Å². The average Bonchev–Trinajstić information content (AvgIpc) is 2.67. The Hall–Kier alpha value is -3.80. The largest absolute Gasteiger partial charge is 0.507 e. The fourth-order valence-electron chi connectivity index (χ4n) is 2.54. The molecule has 0 aliphatic rings. The number of para-hydroxylation sites is 1. The number of hydrazone groups is 1. The first kappa shape index (κ1) is 18.0. The van der Waals surface area contributed by atoms with Crippen LogP contribution >= 0.6 is 0 Å². The van der Waals surface area contributed by atoms with Gasteiger partial charge in [0.1, 0.15) is 12.4 Å². The summed E-state index contributed by atoms with van der Waals surface area (Å²) in [5.74, 6) is -0.500. The number of carbonyl (C=O) groups is 1. The first-order chi connectivity index (χ1) is 13.1. The van der Waals surface area contributed by atoms with Gasteiger partial charge < -0.3 is 14.9 Å². The van der Waals surface area contributed by atoms with Gasteiger partial charge in [-0.15, -0.1) is 0 Å². The Morgan fingerprint density at radius 3 is 2.59 bits per heavy atom. The zero-order chi connectivity index (χ0) is 19.2. The summed E-state index contributed by atoms with van der Waals surface area (Å²) in [5.41, 5.74) is 2.83. The van der Waals surface area contributed by atoms with Crippen LogP contribution in [0, 0.1) is 0 Å². The number of amides is 1. The van der Waals surface area contributed by atoms with E-state index in [1.165, 1.54) is 12.3 Å². The van der Waals surface area contributed by atoms with Crippen molar-refractivity contribution in [3.63, 3.8) is 0 Å². The molecule has 1 amide bonds. The highest BCUT2D eigenvalue weighted by Crippen LogP contribution is 2.28. The normalized spacial score (nSPS) is 10.8. The van der Waals surface area contributed by atoms with Gasteiger partial charge in [0.15, 0.2) is 11.5 Å². The molecule has 3 aromatic rings. The number of carbonyl (C=O) groups excluding carboxylic acids is 1. The first-order valence-electron chi connectivity index (χ1n) is 8.21. The number of hydrogen-bond acceptors (Lipinski definition) is 5. The van der Waals surface area contributed by atoms with Gasteiger partial charge in [0.05, 0.1) is 11.8 Å². The van der Waals surface area contributed by atoms with Crippen molar-refractivity contribution in [1.82, 2.24) is 5.43 Å². The van der Waals surface area contributed by atoms with Crippen LogP contribution in [0.15, 0.2) is 72.4 Å². The van der Waals surface area contributed by atoms with E-state index in [0.717, 1.165) is 10.8 Å². The molecular weight excluding hydrogens is 344 g/mol. The fourth-order valence-corrected chi connectivity index (χ4v) is 2.54. The third kappa shape index (κ3) is 4.07. The lowest BCUT2D eigenvalue weighted by Gasteiger charge is -2.08. The maximum atomic E-state index is 12.3. The van der Waals surface area contributed by atoms with E-state index in [1.807, 2.05) is 24.3 Å². The van der Waals surface area contributed by atoms with Gasteiger partial charge in [-0.1, -0.05) is 43.0 Å². The number of rotatable bonds is 6. The van der Waals surface area contributed by atoms with Crippen molar-refractivity contribution in [2.45, 2.75) is 0 Å². The van der Waals surface area contributed by atoms with Crippen molar-refractivity contribution in [2.75, 3.05) is 6.61 Å². The van der Waals surface area contributed by atoms with Crippen LogP contribution in [-0.4, -0.2) is 28.9 Å². The Morgan fingerprint density at radius 1 is 1.11 bits per heavy atom. The third-order valence-corrected chi connectivity index (χ3v) is 3.87. The molecule has 0 unspecified atom stereocenters. The molecule has 0 spiro atoms. The predicted molar refractivity (Wildman–Crippen MR) is 104 cm³/mol. The minimum atomic E-state index is -0.562. The summed E-state index contributed by atoms with van der Waals surface area (Å²) in [7, 11) is 0. The van der Waals surface area contributed by atoms with Crippen molar-refractivity contribution < 1.29 is 19.7 Å². The molecule has 0 aliphatic carbocycles. The van der Waals surface area contributed by atoms with E-state index in [0.29, 0.717) is 5.56 Å². The van der Waals surface area contributed by atoms with E-state index >= 15 is 0 Å². The maximum absolute atomic E-state index is 12.3. The molecule has 0 radical (unpaired) electrons. The van der Waals surface area contributed by atoms with Gasteiger partial charge in [0.2, 0.25) is 0 Å². The molecule has 27 heavy (non-hydrogen) atoms. The van der Waals surface area contributed by atoms with E-state index in [1.54, 1.807) is 30.3 Å². The van der Waals surface area contributed by atoms with Gasteiger partial charge in [0.25, 0.3) is 5.91 Å². The second-order valence-corrected chi connectivity index (χ2v) is 5.71.